The summed E-state index contributed by atoms with van der Waals surface area (Å²) in [5.74, 6) is 0.877. The Balaban J connectivity index is 1.73. The first kappa shape index (κ1) is 15.2. The Morgan fingerprint density at radius 1 is 1.29 bits per heavy atom. The number of tetrazole rings is 1. The molecule has 0 saturated heterocycles. The number of nitrogens with zero attached hydrogens (tertiary/aromatic N) is 5. The van der Waals surface area contributed by atoms with Crippen molar-refractivity contribution in [2.24, 2.45) is 0 Å². The van der Waals surface area contributed by atoms with Crippen molar-refractivity contribution in [3.63, 3.8) is 0 Å². The number of ether oxygens (including phenoxy) is 1. The molecule has 8 nitrogen and oxygen atoms in total. The Kier molecular flexibility index (Phi) is 4.75. The lowest BCUT2D eigenvalue weighted by Gasteiger charge is -2.11. The van der Waals surface area contributed by atoms with E-state index in [2.05, 4.69) is 30.9 Å². The summed E-state index contributed by atoms with van der Waals surface area (Å²) in [4.78, 5) is 4.05. The maximum atomic E-state index is 9.18. The minimum Gasteiger partial charge on any atom is -0.487 e. The third-order valence-corrected chi connectivity index (χ3v) is 3.08. The fourth-order valence-electron chi connectivity index (χ4n) is 1.93. The maximum Gasteiger partial charge on any atom is 0.216 e. The molecule has 118 valence electrons. The summed E-state index contributed by atoms with van der Waals surface area (Å²) in [5.41, 5.74) is 1.94. The number of hydrogen-bond acceptors (Lipinski definition) is 7. The van der Waals surface area contributed by atoms with Crippen LogP contribution in [-0.2, 0) is 6.61 Å². The first-order valence-electron chi connectivity index (χ1n) is 7.08. The van der Waals surface area contributed by atoms with E-state index >= 15 is 0 Å². The van der Waals surface area contributed by atoms with Gasteiger partial charge in [0.25, 0.3) is 0 Å². The summed E-state index contributed by atoms with van der Waals surface area (Å²) in [7, 11) is 0. The maximum absolute atomic E-state index is 9.18. The normalized spacial score (nSPS) is 10.9. The number of aromatic nitrogens is 5. The molecule has 3 rings (SSSR count). The third-order valence-electron chi connectivity index (χ3n) is 3.08. The van der Waals surface area contributed by atoms with Gasteiger partial charge in [0.2, 0.25) is 5.82 Å². The van der Waals surface area contributed by atoms with Gasteiger partial charge in [-0.2, -0.15) is 10.5 Å². The molecule has 0 unspecified atom stereocenters. The van der Waals surface area contributed by atoms with E-state index in [0.717, 1.165) is 11.3 Å². The Bertz CT molecular complexity index is 854. The average Bonchev–Trinajstić information content (AvgIpc) is 3.17. The van der Waals surface area contributed by atoms with Crippen molar-refractivity contribution in [2.75, 3.05) is 5.32 Å². The lowest BCUT2D eigenvalue weighted by Crippen LogP contribution is -1.99. The molecule has 0 radical (unpaired) electrons. The minimum atomic E-state index is 0.221. The number of pyridine rings is 1. The van der Waals surface area contributed by atoms with Gasteiger partial charge in [-0.15, -0.1) is 10.2 Å². The molecule has 0 aliphatic rings. The monoisotopic (exact) mass is 319 g/mol. The number of nitrogens with one attached hydrogen (secondary N) is 2. The fraction of sp³-hybridized carbons (Fsp3) is 0.0625. The Hall–Kier alpha value is -3.73. The lowest BCUT2D eigenvalue weighted by atomic mass is 10.2. The highest BCUT2D eigenvalue weighted by molar-refractivity contribution is 5.74. The SMILES string of the molecule is N#CC(=CNc1ccccc1OCc1cccnc1)c1nn[nH]n1. The molecule has 3 aromatic rings. The lowest BCUT2D eigenvalue weighted by molar-refractivity contribution is 0.307. The molecule has 0 spiro atoms. The summed E-state index contributed by atoms with van der Waals surface area (Å²) in [5, 5.41) is 25.5. The number of para-hydroxylation sites is 2. The summed E-state index contributed by atoms with van der Waals surface area (Å²) >= 11 is 0. The van der Waals surface area contributed by atoms with E-state index in [9.17, 15) is 5.26 Å². The van der Waals surface area contributed by atoms with Crippen LogP contribution in [0.3, 0.4) is 0 Å². The van der Waals surface area contributed by atoms with Crippen LogP contribution in [0.15, 0.2) is 55.0 Å². The Morgan fingerprint density at radius 2 is 2.21 bits per heavy atom. The number of anilines is 1. The molecule has 1 aromatic carbocycles. The Morgan fingerprint density at radius 3 is 2.96 bits per heavy atom. The van der Waals surface area contributed by atoms with Crippen LogP contribution in [0.25, 0.3) is 5.57 Å². The first-order valence-corrected chi connectivity index (χ1v) is 7.08. The van der Waals surface area contributed by atoms with Crippen molar-refractivity contribution in [3.05, 3.63) is 66.4 Å². The molecule has 0 bridgehead atoms. The quantitative estimate of drug-likeness (QED) is 0.669. The van der Waals surface area contributed by atoms with E-state index in [4.69, 9.17) is 4.74 Å². The first-order chi connectivity index (χ1) is 11.9. The van der Waals surface area contributed by atoms with Gasteiger partial charge >= 0.3 is 0 Å². The molecule has 0 atom stereocenters. The molecule has 2 heterocycles. The zero-order chi connectivity index (χ0) is 16.6. The van der Waals surface area contributed by atoms with Crippen LogP contribution in [0.4, 0.5) is 5.69 Å². The predicted octanol–water partition coefficient (Wildman–Crippen LogP) is 2.15. The van der Waals surface area contributed by atoms with E-state index in [1.165, 1.54) is 6.20 Å². The van der Waals surface area contributed by atoms with E-state index in [1.54, 1.807) is 12.4 Å². The van der Waals surface area contributed by atoms with Crippen molar-refractivity contribution in [3.8, 4) is 11.8 Å². The number of benzene rings is 1. The van der Waals surface area contributed by atoms with Gasteiger partial charge in [-0.1, -0.05) is 18.2 Å². The van der Waals surface area contributed by atoms with Gasteiger partial charge in [-0.25, -0.2) is 0 Å². The Labute approximate surface area is 137 Å². The van der Waals surface area contributed by atoms with E-state index in [-0.39, 0.29) is 11.4 Å². The molecule has 2 N–H and O–H groups in total. The summed E-state index contributed by atoms with van der Waals surface area (Å²) in [6, 6.07) is 13.2. The summed E-state index contributed by atoms with van der Waals surface area (Å²) in [6.45, 7) is 0.395. The van der Waals surface area contributed by atoms with Crippen molar-refractivity contribution in [2.45, 2.75) is 6.61 Å². The van der Waals surface area contributed by atoms with Gasteiger partial charge in [0.15, 0.2) is 0 Å². The van der Waals surface area contributed by atoms with Gasteiger partial charge in [0.1, 0.15) is 24.0 Å². The largest absolute Gasteiger partial charge is 0.487 e. The van der Waals surface area contributed by atoms with Crippen LogP contribution in [0.5, 0.6) is 5.75 Å². The molecule has 24 heavy (non-hydrogen) atoms. The number of H-pyrrole nitrogens is 1. The number of nitriles is 1. The molecule has 0 aliphatic heterocycles. The summed E-state index contributed by atoms with van der Waals surface area (Å²) < 4.78 is 5.82. The van der Waals surface area contributed by atoms with Crippen molar-refractivity contribution in [1.82, 2.24) is 25.6 Å². The molecule has 0 amide bonds. The number of allylic oxidation sites excluding steroid dienone is 1. The van der Waals surface area contributed by atoms with Gasteiger partial charge in [0.05, 0.1) is 5.69 Å². The van der Waals surface area contributed by atoms with Crippen LogP contribution in [0.2, 0.25) is 0 Å². The van der Waals surface area contributed by atoms with Crippen molar-refractivity contribution in [1.29, 1.82) is 5.26 Å². The second-order valence-corrected chi connectivity index (χ2v) is 4.70. The standard InChI is InChI=1S/C16H13N7O/c17-8-13(16-20-22-23-21-16)10-19-14-5-1-2-6-15(14)24-11-12-4-3-7-18-9-12/h1-7,9-10,19H,11H2,(H,20,21,22,23). The van der Waals surface area contributed by atoms with Gasteiger partial charge in [0, 0.05) is 24.2 Å². The van der Waals surface area contributed by atoms with E-state index in [0.29, 0.717) is 12.4 Å². The highest BCUT2D eigenvalue weighted by atomic mass is 16.5. The van der Waals surface area contributed by atoms with Crippen LogP contribution >= 0.6 is 0 Å². The highest BCUT2D eigenvalue weighted by Gasteiger charge is 2.07. The van der Waals surface area contributed by atoms with Crippen molar-refractivity contribution >= 4 is 11.3 Å². The van der Waals surface area contributed by atoms with Crippen molar-refractivity contribution < 1.29 is 4.74 Å². The molecule has 8 heteroatoms. The van der Waals surface area contributed by atoms with Crippen LogP contribution in [0, 0.1) is 11.3 Å². The molecule has 0 saturated carbocycles. The highest BCUT2D eigenvalue weighted by Crippen LogP contribution is 2.25. The number of aromatic amines is 1. The van der Waals surface area contributed by atoms with Gasteiger partial charge < -0.3 is 10.1 Å². The molecule has 0 fully saturated rings. The zero-order valence-electron chi connectivity index (χ0n) is 12.5. The fourth-order valence-corrected chi connectivity index (χ4v) is 1.93. The molecular weight excluding hydrogens is 306 g/mol. The zero-order valence-corrected chi connectivity index (χ0v) is 12.5. The smallest absolute Gasteiger partial charge is 0.216 e. The summed E-state index contributed by atoms with van der Waals surface area (Å²) in [6.07, 6.45) is 4.97. The molecule has 0 aliphatic carbocycles. The molecular formula is C16H13N7O. The topological polar surface area (TPSA) is 112 Å². The van der Waals surface area contributed by atoms with E-state index in [1.807, 2.05) is 42.5 Å². The van der Waals surface area contributed by atoms with E-state index < -0.39 is 0 Å². The predicted molar refractivity (Wildman–Crippen MR) is 86.4 cm³/mol. The second kappa shape index (κ2) is 7.51. The second-order valence-electron chi connectivity index (χ2n) is 4.70. The average molecular weight is 319 g/mol. The van der Waals surface area contributed by atoms with Gasteiger partial charge in [-0.3, -0.25) is 4.98 Å². The third kappa shape index (κ3) is 3.72. The van der Waals surface area contributed by atoms with Crippen LogP contribution in [-0.4, -0.2) is 25.6 Å². The van der Waals surface area contributed by atoms with Gasteiger partial charge in [-0.05, 0) is 23.4 Å². The van der Waals surface area contributed by atoms with Crippen LogP contribution in [0.1, 0.15) is 11.4 Å². The van der Waals surface area contributed by atoms with Crippen LogP contribution < -0.4 is 10.1 Å². The minimum absolute atomic E-state index is 0.221. The number of rotatable bonds is 6. The number of hydrogen-bond donors (Lipinski definition) is 2. The molecule has 2 aromatic heterocycles.